The minimum absolute atomic E-state index is 0.577. The molecule has 1 aromatic carbocycles. The average Bonchev–Trinajstić information content (AvgIpc) is 2.47. The summed E-state index contributed by atoms with van der Waals surface area (Å²) < 4.78 is 5.66. The topological polar surface area (TPSA) is 24.5 Å². The Bertz CT molecular complexity index is 369. The van der Waals surface area contributed by atoms with Gasteiger partial charge in [-0.2, -0.15) is 0 Å². The van der Waals surface area contributed by atoms with Crippen LogP contribution in [-0.2, 0) is 11.2 Å². The summed E-state index contributed by atoms with van der Waals surface area (Å²) in [4.78, 5) is 2.59. The normalized spacial score (nSPS) is 23.9. The lowest BCUT2D eigenvalue weighted by molar-refractivity contribution is 0.0676. The molecule has 0 radical (unpaired) electrons. The first-order chi connectivity index (χ1) is 9.79. The highest BCUT2D eigenvalue weighted by Gasteiger charge is 2.25. The second-order valence-corrected chi connectivity index (χ2v) is 5.76. The van der Waals surface area contributed by atoms with Gasteiger partial charge in [-0.15, -0.1) is 0 Å². The van der Waals surface area contributed by atoms with Crippen molar-refractivity contribution >= 4 is 0 Å². The van der Waals surface area contributed by atoms with Gasteiger partial charge in [-0.1, -0.05) is 37.3 Å². The molecule has 0 amide bonds. The van der Waals surface area contributed by atoms with Crippen LogP contribution in [0.1, 0.15) is 25.8 Å². The number of piperazine rings is 1. The Balaban J connectivity index is 1.86. The van der Waals surface area contributed by atoms with E-state index in [-0.39, 0.29) is 0 Å². The van der Waals surface area contributed by atoms with Gasteiger partial charge in [-0.3, -0.25) is 4.90 Å². The van der Waals surface area contributed by atoms with Crippen molar-refractivity contribution in [3.05, 3.63) is 35.9 Å². The molecule has 3 heteroatoms. The van der Waals surface area contributed by atoms with Crippen LogP contribution in [0.3, 0.4) is 0 Å². The molecule has 20 heavy (non-hydrogen) atoms. The molecule has 0 spiro atoms. The minimum atomic E-state index is 0.577. The van der Waals surface area contributed by atoms with Gasteiger partial charge in [0.25, 0.3) is 0 Å². The third-order valence-electron chi connectivity index (χ3n) is 3.91. The molecule has 1 heterocycles. The Morgan fingerprint density at radius 2 is 2.05 bits per heavy atom. The van der Waals surface area contributed by atoms with Crippen LogP contribution in [0.25, 0.3) is 0 Å². The predicted octanol–water partition coefficient (Wildman–Crippen LogP) is 2.32. The van der Waals surface area contributed by atoms with Gasteiger partial charge in [0.15, 0.2) is 0 Å². The van der Waals surface area contributed by atoms with Crippen LogP contribution < -0.4 is 5.32 Å². The molecule has 1 aliphatic rings. The van der Waals surface area contributed by atoms with E-state index in [2.05, 4.69) is 54.4 Å². The monoisotopic (exact) mass is 276 g/mol. The van der Waals surface area contributed by atoms with Gasteiger partial charge in [-0.25, -0.2) is 0 Å². The van der Waals surface area contributed by atoms with Crippen LogP contribution >= 0.6 is 0 Å². The number of ether oxygens (including phenoxy) is 1. The molecule has 2 unspecified atom stereocenters. The fourth-order valence-electron chi connectivity index (χ4n) is 2.82. The fourth-order valence-corrected chi connectivity index (χ4v) is 2.82. The molecule has 2 atom stereocenters. The van der Waals surface area contributed by atoms with E-state index in [1.807, 2.05) is 0 Å². The first-order valence-electron chi connectivity index (χ1n) is 7.88. The largest absolute Gasteiger partial charge is 0.380 e. The van der Waals surface area contributed by atoms with E-state index >= 15 is 0 Å². The molecule has 1 fully saturated rings. The van der Waals surface area contributed by atoms with Crippen molar-refractivity contribution < 1.29 is 4.74 Å². The van der Waals surface area contributed by atoms with Crippen molar-refractivity contribution in [3.63, 3.8) is 0 Å². The fraction of sp³-hybridized carbons (Fsp3) is 0.647. The molecule has 112 valence electrons. The van der Waals surface area contributed by atoms with E-state index in [0.29, 0.717) is 12.1 Å². The summed E-state index contributed by atoms with van der Waals surface area (Å²) in [5, 5.41) is 3.60. The van der Waals surface area contributed by atoms with Crippen LogP contribution in [0.15, 0.2) is 30.3 Å². The quantitative estimate of drug-likeness (QED) is 0.774. The second kappa shape index (κ2) is 8.40. The molecular weight excluding hydrogens is 248 g/mol. The maximum atomic E-state index is 5.66. The Kier molecular flexibility index (Phi) is 6.51. The Hall–Kier alpha value is -0.900. The van der Waals surface area contributed by atoms with Crippen molar-refractivity contribution in [2.24, 2.45) is 0 Å². The SMILES string of the molecule is CCCOCCN1CC(C)NCC1Cc1ccccc1. The van der Waals surface area contributed by atoms with E-state index in [9.17, 15) is 0 Å². The van der Waals surface area contributed by atoms with E-state index in [1.165, 1.54) is 5.56 Å². The highest BCUT2D eigenvalue weighted by molar-refractivity contribution is 5.16. The summed E-state index contributed by atoms with van der Waals surface area (Å²) >= 11 is 0. The summed E-state index contributed by atoms with van der Waals surface area (Å²) in [6.45, 7) is 9.39. The molecule has 0 bridgehead atoms. The van der Waals surface area contributed by atoms with Crippen LogP contribution in [0, 0.1) is 0 Å². The third-order valence-corrected chi connectivity index (χ3v) is 3.91. The van der Waals surface area contributed by atoms with Gasteiger partial charge in [0.1, 0.15) is 0 Å². The maximum Gasteiger partial charge on any atom is 0.0593 e. The molecule has 0 aliphatic carbocycles. The first-order valence-corrected chi connectivity index (χ1v) is 7.88. The lowest BCUT2D eigenvalue weighted by Gasteiger charge is -2.39. The van der Waals surface area contributed by atoms with Crippen LogP contribution in [0.2, 0.25) is 0 Å². The van der Waals surface area contributed by atoms with E-state index in [4.69, 9.17) is 4.74 Å². The molecule has 1 saturated heterocycles. The number of hydrogen-bond donors (Lipinski definition) is 1. The van der Waals surface area contributed by atoms with Gasteiger partial charge in [-0.05, 0) is 25.3 Å². The predicted molar refractivity (Wildman–Crippen MR) is 84.1 cm³/mol. The van der Waals surface area contributed by atoms with Crippen LogP contribution in [0.4, 0.5) is 0 Å². The summed E-state index contributed by atoms with van der Waals surface area (Å²) in [6, 6.07) is 12.0. The molecule has 1 aromatic rings. The maximum absolute atomic E-state index is 5.66. The van der Waals surface area contributed by atoms with Crippen molar-refractivity contribution in [1.29, 1.82) is 0 Å². The average molecular weight is 276 g/mol. The van der Waals surface area contributed by atoms with E-state index < -0.39 is 0 Å². The molecule has 3 nitrogen and oxygen atoms in total. The van der Waals surface area contributed by atoms with E-state index in [0.717, 1.165) is 45.7 Å². The highest BCUT2D eigenvalue weighted by atomic mass is 16.5. The highest BCUT2D eigenvalue weighted by Crippen LogP contribution is 2.13. The lowest BCUT2D eigenvalue weighted by Crippen LogP contribution is -2.56. The van der Waals surface area contributed by atoms with Crippen LogP contribution in [0.5, 0.6) is 0 Å². The zero-order valence-electron chi connectivity index (χ0n) is 12.8. The first kappa shape index (κ1) is 15.5. The van der Waals surface area contributed by atoms with Gasteiger partial charge in [0.05, 0.1) is 6.61 Å². The number of nitrogens with zero attached hydrogens (tertiary/aromatic N) is 1. The third kappa shape index (κ3) is 4.89. The van der Waals surface area contributed by atoms with Gasteiger partial charge in [0, 0.05) is 38.3 Å². The number of hydrogen-bond acceptors (Lipinski definition) is 3. The standard InChI is InChI=1S/C17H28N2O/c1-3-10-20-11-9-19-14-15(2)18-13-17(19)12-16-7-5-4-6-8-16/h4-8,15,17-18H,3,9-14H2,1-2H3. The smallest absolute Gasteiger partial charge is 0.0593 e. The van der Waals surface area contributed by atoms with Crippen molar-refractivity contribution in [2.45, 2.75) is 38.8 Å². The van der Waals surface area contributed by atoms with Gasteiger partial charge in [0.2, 0.25) is 0 Å². The number of benzene rings is 1. The van der Waals surface area contributed by atoms with E-state index in [1.54, 1.807) is 0 Å². The molecule has 1 aliphatic heterocycles. The van der Waals surface area contributed by atoms with Crippen molar-refractivity contribution in [3.8, 4) is 0 Å². The number of rotatable bonds is 7. The second-order valence-electron chi connectivity index (χ2n) is 5.76. The molecule has 1 N–H and O–H groups in total. The lowest BCUT2D eigenvalue weighted by atomic mass is 10.0. The van der Waals surface area contributed by atoms with Crippen molar-refractivity contribution in [2.75, 3.05) is 32.8 Å². The molecule has 0 saturated carbocycles. The summed E-state index contributed by atoms with van der Waals surface area (Å²) in [5.74, 6) is 0. The summed E-state index contributed by atoms with van der Waals surface area (Å²) in [7, 11) is 0. The minimum Gasteiger partial charge on any atom is -0.380 e. The Morgan fingerprint density at radius 1 is 1.25 bits per heavy atom. The molecular formula is C17H28N2O. The summed E-state index contributed by atoms with van der Waals surface area (Å²) in [6.07, 6.45) is 2.22. The zero-order valence-corrected chi connectivity index (χ0v) is 12.8. The zero-order chi connectivity index (χ0) is 14.2. The molecule has 0 aromatic heterocycles. The molecule has 2 rings (SSSR count). The Morgan fingerprint density at radius 3 is 2.80 bits per heavy atom. The Labute approximate surface area is 123 Å². The van der Waals surface area contributed by atoms with Gasteiger partial charge < -0.3 is 10.1 Å². The van der Waals surface area contributed by atoms with Crippen LogP contribution in [-0.4, -0.2) is 49.8 Å². The summed E-state index contributed by atoms with van der Waals surface area (Å²) in [5.41, 5.74) is 1.42. The van der Waals surface area contributed by atoms with Crippen molar-refractivity contribution in [1.82, 2.24) is 10.2 Å². The number of nitrogens with one attached hydrogen (secondary N) is 1. The van der Waals surface area contributed by atoms with Gasteiger partial charge >= 0.3 is 0 Å².